The van der Waals surface area contributed by atoms with Crippen LogP contribution >= 0.6 is 0 Å². The van der Waals surface area contributed by atoms with Gasteiger partial charge in [-0.15, -0.1) is 0 Å². The Labute approximate surface area is 175 Å². The molecule has 0 aliphatic carbocycles. The monoisotopic (exact) mass is 401 g/mol. The molecule has 0 unspecified atom stereocenters. The Morgan fingerprint density at radius 3 is 2.17 bits per heavy atom. The smallest absolute Gasteiger partial charge is 0.247 e. The van der Waals surface area contributed by atoms with E-state index in [1.807, 2.05) is 79.2 Å². The van der Waals surface area contributed by atoms with E-state index in [1.165, 1.54) is 0 Å². The average molecular weight is 401 g/mol. The predicted octanol–water partition coefficient (Wildman–Crippen LogP) is 4.92. The molecular formula is C24H23N3O3. The Bertz CT molecular complexity index is 1090. The third-order valence-electron chi connectivity index (χ3n) is 4.91. The number of aryl methyl sites for hydroxylation is 1. The molecule has 0 N–H and O–H groups in total. The fourth-order valence-corrected chi connectivity index (χ4v) is 3.37. The standard InChI is InChI=1S/C24H23N3O3/c1-18-23(19(2)27(25-18)20-8-4-3-5-9-20)12-13-24(28)26(16-21-10-6-14-29-21)17-22-11-7-15-30-22/h3-15H,16-17H2,1-2H3/b13-12+. The molecule has 0 bridgehead atoms. The van der Waals surface area contributed by atoms with Crippen LogP contribution in [0.15, 0.2) is 82.0 Å². The topological polar surface area (TPSA) is 64.4 Å². The summed E-state index contributed by atoms with van der Waals surface area (Å²) in [5.41, 5.74) is 3.76. The van der Waals surface area contributed by atoms with Gasteiger partial charge in [0.25, 0.3) is 0 Å². The first kappa shape index (κ1) is 19.5. The lowest BCUT2D eigenvalue weighted by Gasteiger charge is -2.18. The van der Waals surface area contributed by atoms with Crippen LogP contribution in [0, 0.1) is 13.8 Å². The van der Waals surface area contributed by atoms with Crippen molar-refractivity contribution < 1.29 is 13.6 Å². The highest BCUT2D eigenvalue weighted by Crippen LogP contribution is 2.20. The molecule has 152 valence electrons. The average Bonchev–Trinajstić information content (AvgIpc) is 3.50. The lowest BCUT2D eigenvalue weighted by molar-refractivity contribution is -0.127. The number of aromatic nitrogens is 2. The van der Waals surface area contributed by atoms with E-state index in [-0.39, 0.29) is 5.91 Å². The van der Waals surface area contributed by atoms with Crippen molar-refractivity contribution in [3.05, 3.63) is 102 Å². The number of amides is 1. The van der Waals surface area contributed by atoms with Crippen LogP contribution in [-0.2, 0) is 17.9 Å². The molecule has 3 heterocycles. The van der Waals surface area contributed by atoms with Gasteiger partial charge in [0.2, 0.25) is 5.91 Å². The van der Waals surface area contributed by atoms with Crippen molar-refractivity contribution in [2.24, 2.45) is 0 Å². The molecule has 0 fully saturated rings. The number of carbonyl (C=O) groups excluding carboxylic acids is 1. The zero-order valence-corrected chi connectivity index (χ0v) is 17.0. The fourth-order valence-electron chi connectivity index (χ4n) is 3.37. The third-order valence-corrected chi connectivity index (χ3v) is 4.91. The lowest BCUT2D eigenvalue weighted by Crippen LogP contribution is -2.28. The molecule has 0 saturated heterocycles. The Kier molecular flexibility index (Phi) is 5.66. The molecule has 0 aliphatic rings. The normalized spacial score (nSPS) is 11.3. The highest BCUT2D eigenvalue weighted by molar-refractivity contribution is 5.92. The summed E-state index contributed by atoms with van der Waals surface area (Å²) in [6.07, 6.45) is 6.62. The molecule has 0 saturated carbocycles. The second-order valence-electron chi connectivity index (χ2n) is 7.02. The van der Waals surface area contributed by atoms with Gasteiger partial charge in [0.05, 0.1) is 37.0 Å². The number of carbonyl (C=O) groups is 1. The maximum Gasteiger partial charge on any atom is 0.247 e. The number of furan rings is 2. The number of para-hydroxylation sites is 1. The second kappa shape index (κ2) is 8.69. The molecule has 0 aliphatic heterocycles. The molecule has 30 heavy (non-hydrogen) atoms. The van der Waals surface area contributed by atoms with Gasteiger partial charge < -0.3 is 13.7 Å². The number of hydrogen-bond donors (Lipinski definition) is 0. The van der Waals surface area contributed by atoms with E-state index in [0.29, 0.717) is 24.6 Å². The SMILES string of the molecule is Cc1nn(-c2ccccc2)c(C)c1/C=C/C(=O)N(Cc1ccco1)Cc1ccco1. The summed E-state index contributed by atoms with van der Waals surface area (Å²) in [7, 11) is 0. The molecule has 3 aromatic heterocycles. The molecule has 6 nitrogen and oxygen atoms in total. The van der Waals surface area contributed by atoms with E-state index in [2.05, 4.69) is 5.10 Å². The van der Waals surface area contributed by atoms with Crippen molar-refractivity contribution in [2.75, 3.05) is 0 Å². The molecule has 0 atom stereocenters. The maximum atomic E-state index is 13.0. The van der Waals surface area contributed by atoms with Crippen LogP contribution in [0.25, 0.3) is 11.8 Å². The van der Waals surface area contributed by atoms with E-state index in [1.54, 1.807) is 23.5 Å². The van der Waals surface area contributed by atoms with Gasteiger partial charge >= 0.3 is 0 Å². The molecule has 4 aromatic rings. The highest BCUT2D eigenvalue weighted by Gasteiger charge is 2.16. The van der Waals surface area contributed by atoms with E-state index < -0.39 is 0 Å². The van der Waals surface area contributed by atoms with Gasteiger partial charge in [-0.2, -0.15) is 5.10 Å². The molecular weight excluding hydrogens is 378 g/mol. The maximum absolute atomic E-state index is 13.0. The van der Waals surface area contributed by atoms with Gasteiger partial charge in [-0.3, -0.25) is 4.79 Å². The minimum absolute atomic E-state index is 0.130. The Hall–Kier alpha value is -3.80. The predicted molar refractivity (Wildman–Crippen MR) is 114 cm³/mol. The van der Waals surface area contributed by atoms with Crippen LogP contribution in [0.1, 0.15) is 28.5 Å². The quantitative estimate of drug-likeness (QED) is 0.413. The lowest BCUT2D eigenvalue weighted by atomic mass is 10.1. The van der Waals surface area contributed by atoms with Crippen LogP contribution in [0.2, 0.25) is 0 Å². The molecule has 1 amide bonds. The van der Waals surface area contributed by atoms with Crippen molar-refractivity contribution in [3.8, 4) is 5.69 Å². The van der Waals surface area contributed by atoms with Crippen molar-refractivity contribution in [1.29, 1.82) is 0 Å². The Balaban J connectivity index is 1.56. The van der Waals surface area contributed by atoms with Crippen LogP contribution < -0.4 is 0 Å². The van der Waals surface area contributed by atoms with Gasteiger partial charge in [-0.05, 0) is 56.3 Å². The van der Waals surface area contributed by atoms with Crippen molar-refractivity contribution >= 4 is 12.0 Å². The Morgan fingerprint density at radius 2 is 1.60 bits per heavy atom. The number of hydrogen-bond acceptors (Lipinski definition) is 4. The summed E-state index contributed by atoms with van der Waals surface area (Å²) in [5, 5.41) is 4.64. The summed E-state index contributed by atoms with van der Waals surface area (Å²) < 4.78 is 12.7. The zero-order chi connectivity index (χ0) is 20.9. The Morgan fingerprint density at radius 1 is 0.967 bits per heavy atom. The van der Waals surface area contributed by atoms with Gasteiger partial charge in [0.1, 0.15) is 11.5 Å². The molecule has 4 rings (SSSR count). The van der Waals surface area contributed by atoms with Crippen molar-refractivity contribution in [1.82, 2.24) is 14.7 Å². The van der Waals surface area contributed by atoms with Gasteiger partial charge in [-0.1, -0.05) is 18.2 Å². The highest BCUT2D eigenvalue weighted by atomic mass is 16.3. The number of rotatable bonds is 7. The first-order valence-electron chi connectivity index (χ1n) is 9.75. The fraction of sp³-hybridized carbons (Fsp3) is 0.167. The summed E-state index contributed by atoms with van der Waals surface area (Å²) in [5.74, 6) is 1.30. The van der Waals surface area contributed by atoms with Crippen molar-refractivity contribution in [3.63, 3.8) is 0 Å². The zero-order valence-electron chi connectivity index (χ0n) is 17.0. The second-order valence-corrected chi connectivity index (χ2v) is 7.02. The third kappa shape index (κ3) is 4.27. The van der Waals surface area contributed by atoms with E-state index in [4.69, 9.17) is 8.83 Å². The van der Waals surface area contributed by atoms with Crippen LogP contribution in [0.5, 0.6) is 0 Å². The molecule has 6 heteroatoms. The number of benzene rings is 1. The largest absolute Gasteiger partial charge is 0.467 e. The van der Waals surface area contributed by atoms with E-state index in [9.17, 15) is 4.79 Å². The van der Waals surface area contributed by atoms with Gasteiger partial charge in [0, 0.05) is 17.3 Å². The number of nitrogens with zero attached hydrogens (tertiary/aromatic N) is 3. The summed E-state index contributed by atoms with van der Waals surface area (Å²) in [4.78, 5) is 14.7. The van der Waals surface area contributed by atoms with Gasteiger partial charge in [0.15, 0.2) is 0 Å². The van der Waals surface area contributed by atoms with Crippen LogP contribution in [0.4, 0.5) is 0 Å². The first-order chi connectivity index (χ1) is 14.6. The molecule has 0 radical (unpaired) electrons. The van der Waals surface area contributed by atoms with Crippen LogP contribution in [0.3, 0.4) is 0 Å². The van der Waals surface area contributed by atoms with Crippen LogP contribution in [-0.4, -0.2) is 20.6 Å². The minimum Gasteiger partial charge on any atom is -0.467 e. The summed E-state index contributed by atoms with van der Waals surface area (Å²) in [6.45, 7) is 4.66. The summed E-state index contributed by atoms with van der Waals surface area (Å²) in [6, 6.07) is 17.3. The van der Waals surface area contributed by atoms with Crippen molar-refractivity contribution in [2.45, 2.75) is 26.9 Å². The first-order valence-corrected chi connectivity index (χ1v) is 9.75. The molecule has 0 spiro atoms. The minimum atomic E-state index is -0.130. The van der Waals surface area contributed by atoms with Gasteiger partial charge in [-0.25, -0.2) is 4.68 Å². The molecule has 1 aromatic carbocycles. The summed E-state index contributed by atoms with van der Waals surface area (Å²) >= 11 is 0. The van der Waals surface area contributed by atoms with E-state index in [0.717, 1.165) is 22.6 Å². The van der Waals surface area contributed by atoms with E-state index >= 15 is 0 Å².